The Morgan fingerprint density at radius 1 is 1.11 bits per heavy atom. The average Bonchev–Trinajstić information content (AvgIpc) is 3.51. The van der Waals surface area contributed by atoms with Gasteiger partial charge in [0, 0.05) is 12.1 Å². The van der Waals surface area contributed by atoms with E-state index in [0.717, 1.165) is 22.4 Å². The molecule has 5 aromatic rings. The zero-order valence-corrected chi connectivity index (χ0v) is 20.8. The number of benzene rings is 3. The Bertz CT molecular complexity index is 1940. The monoisotopic (exact) mass is 523 g/mol. The lowest BCUT2D eigenvalue weighted by Crippen LogP contribution is -2.53. The van der Waals surface area contributed by atoms with Crippen LogP contribution >= 0.6 is 11.3 Å². The summed E-state index contributed by atoms with van der Waals surface area (Å²) in [5.41, 5.74) is 0.0527. The van der Waals surface area contributed by atoms with Crippen molar-refractivity contribution in [2.75, 3.05) is 16.3 Å². The summed E-state index contributed by atoms with van der Waals surface area (Å²) in [4.78, 5) is 50.2. The van der Waals surface area contributed by atoms with Crippen molar-refractivity contribution in [3.63, 3.8) is 0 Å². The molecule has 7 nitrogen and oxygen atoms in total. The minimum absolute atomic E-state index is 0.0508. The number of rotatable bonds is 3. The quantitative estimate of drug-likeness (QED) is 0.300. The van der Waals surface area contributed by atoms with Gasteiger partial charge in [-0.15, -0.1) is 6.58 Å². The van der Waals surface area contributed by atoms with E-state index in [1.54, 1.807) is 30.3 Å². The number of fused-ring (bicyclic) bond motifs is 6. The van der Waals surface area contributed by atoms with Crippen LogP contribution < -0.4 is 15.2 Å². The molecule has 2 aliphatic heterocycles. The number of halogens is 1. The molecule has 4 heterocycles. The molecule has 2 amide bonds. The van der Waals surface area contributed by atoms with Crippen molar-refractivity contribution < 1.29 is 18.4 Å². The number of nitrogens with zero attached hydrogens (tertiary/aromatic N) is 3. The van der Waals surface area contributed by atoms with Gasteiger partial charge in [-0.05, 0) is 48.9 Å². The Balaban J connectivity index is 1.63. The molecule has 7 rings (SSSR count). The zero-order chi connectivity index (χ0) is 26.3. The summed E-state index contributed by atoms with van der Waals surface area (Å²) in [5, 5.41) is 0.199. The highest BCUT2D eigenvalue weighted by Gasteiger charge is 2.66. The lowest BCUT2D eigenvalue weighted by molar-refractivity contribution is -0.121. The van der Waals surface area contributed by atoms with Crippen LogP contribution in [0.4, 0.5) is 15.2 Å². The molecule has 186 valence electrons. The summed E-state index contributed by atoms with van der Waals surface area (Å²) >= 11 is 1.25. The van der Waals surface area contributed by atoms with Gasteiger partial charge in [0.2, 0.25) is 5.76 Å². The number of hydrogen-bond acceptors (Lipinski definition) is 6. The number of carbonyl (C=O) groups is 2. The first kappa shape index (κ1) is 22.6. The molecule has 0 bridgehead atoms. The Kier molecular flexibility index (Phi) is 4.56. The summed E-state index contributed by atoms with van der Waals surface area (Å²) in [6.45, 7) is 5.89. The normalized spacial score (nSPS) is 18.2. The summed E-state index contributed by atoms with van der Waals surface area (Å²) in [6, 6.07) is 16.2. The molecule has 0 fully saturated rings. The highest BCUT2D eigenvalue weighted by molar-refractivity contribution is 7.22. The van der Waals surface area contributed by atoms with E-state index in [-0.39, 0.29) is 34.0 Å². The summed E-state index contributed by atoms with van der Waals surface area (Å²) < 4.78 is 21.0. The van der Waals surface area contributed by atoms with Gasteiger partial charge in [-0.2, -0.15) is 0 Å². The molecule has 0 radical (unpaired) electrons. The third-order valence-corrected chi connectivity index (χ3v) is 8.13. The number of amides is 2. The van der Waals surface area contributed by atoms with E-state index in [1.165, 1.54) is 27.2 Å². The van der Waals surface area contributed by atoms with E-state index in [1.807, 2.05) is 25.1 Å². The number of anilines is 2. The summed E-state index contributed by atoms with van der Waals surface area (Å²) in [5.74, 6) is -2.06. The highest BCUT2D eigenvalue weighted by Crippen LogP contribution is 2.54. The number of hydrogen-bond donors (Lipinski definition) is 0. The van der Waals surface area contributed by atoms with Crippen molar-refractivity contribution in [3.8, 4) is 0 Å². The van der Waals surface area contributed by atoms with E-state index < -0.39 is 28.6 Å². The molecule has 0 saturated carbocycles. The molecule has 2 aromatic heterocycles. The van der Waals surface area contributed by atoms with Crippen LogP contribution in [0.25, 0.3) is 21.2 Å². The van der Waals surface area contributed by atoms with Gasteiger partial charge in [0.05, 0.1) is 26.9 Å². The van der Waals surface area contributed by atoms with Gasteiger partial charge in [0.15, 0.2) is 16.1 Å². The molecule has 0 aliphatic carbocycles. The zero-order valence-electron chi connectivity index (χ0n) is 20.0. The largest absolute Gasteiger partial charge is 0.450 e. The van der Waals surface area contributed by atoms with E-state index in [0.29, 0.717) is 16.8 Å². The average molecular weight is 524 g/mol. The Morgan fingerprint density at radius 3 is 2.74 bits per heavy atom. The van der Waals surface area contributed by atoms with Crippen LogP contribution in [-0.2, 0) is 10.3 Å². The Morgan fingerprint density at radius 2 is 1.92 bits per heavy atom. The third kappa shape index (κ3) is 2.71. The van der Waals surface area contributed by atoms with Crippen LogP contribution in [0.3, 0.4) is 0 Å². The van der Waals surface area contributed by atoms with E-state index in [4.69, 9.17) is 9.40 Å². The molecule has 0 N–H and O–H groups in total. The van der Waals surface area contributed by atoms with Crippen LogP contribution in [0.2, 0.25) is 0 Å². The second kappa shape index (κ2) is 7.69. The standard InChI is InChI=1S/C29H18FN3O4S/c1-3-12-32-20-7-5-4-6-18(20)29(27(32)36)23-24(34)17-14-16(30)9-11-21(17)37-25(23)26(35)33(29)28-31-19-10-8-15(2)13-22(19)38-28/h3-11,13-14H,1,12H2,2H3. The van der Waals surface area contributed by atoms with Gasteiger partial charge in [-0.1, -0.05) is 41.7 Å². The van der Waals surface area contributed by atoms with Crippen molar-refractivity contribution in [3.05, 3.63) is 112 Å². The first-order valence-electron chi connectivity index (χ1n) is 11.9. The van der Waals surface area contributed by atoms with Crippen LogP contribution in [0.15, 0.2) is 82.5 Å². The van der Waals surface area contributed by atoms with E-state index in [9.17, 15) is 18.8 Å². The van der Waals surface area contributed by atoms with Gasteiger partial charge >= 0.3 is 0 Å². The Hall–Kier alpha value is -4.63. The van der Waals surface area contributed by atoms with Gasteiger partial charge in [-0.25, -0.2) is 9.37 Å². The fraction of sp³-hybridized carbons (Fsp3) is 0.103. The van der Waals surface area contributed by atoms with E-state index >= 15 is 0 Å². The number of para-hydroxylation sites is 1. The molecule has 38 heavy (non-hydrogen) atoms. The number of carbonyl (C=O) groups excluding carboxylic acids is 2. The van der Waals surface area contributed by atoms with Crippen molar-refractivity contribution in [1.29, 1.82) is 0 Å². The number of aromatic nitrogens is 1. The van der Waals surface area contributed by atoms with Crippen molar-refractivity contribution in [1.82, 2.24) is 4.98 Å². The summed E-state index contributed by atoms with van der Waals surface area (Å²) in [6.07, 6.45) is 1.58. The van der Waals surface area contributed by atoms with Crippen molar-refractivity contribution in [2.24, 2.45) is 0 Å². The van der Waals surface area contributed by atoms with E-state index in [2.05, 4.69) is 6.58 Å². The SMILES string of the molecule is C=CCN1C(=O)C2(c3ccccc31)c1c(oc3ccc(F)cc3c1=O)C(=O)N2c1nc2ccc(C)cc2s1. The second-order valence-corrected chi connectivity index (χ2v) is 10.3. The molecule has 1 unspecified atom stereocenters. The molecule has 2 aliphatic rings. The fourth-order valence-electron chi connectivity index (χ4n) is 5.56. The van der Waals surface area contributed by atoms with Crippen molar-refractivity contribution in [2.45, 2.75) is 12.5 Å². The predicted octanol–water partition coefficient (Wildman–Crippen LogP) is 5.29. The number of thiazole rings is 1. The van der Waals surface area contributed by atoms with Gasteiger partial charge in [-0.3, -0.25) is 19.3 Å². The minimum atomic E-state index is -1.88. The summed E-state index contributed by atoms with van der Waals surface area (Å²) in [7, 11) is 0. The molecular weight excluding hydrogens is 505 g/mol. The van der Waals surface area contributed by atoms with Crippen LogP contribution in [0.1, 0.15) is 27.2 Å². The molecule has 9 heteroatoms. The topological polar surface area (TPSA) is 83.7 Å². The lowest BCUT2D eigenvalue weighted by atomic mass is 9.84. The maximum Gasteiger partial charge on any atom is 0.297 e. The molecule has 1 spiro atoms. The van der Waals surface area contributed by atoms with Gasteiger partial charge in [0.1, 0.15) is 11.4 Å². The molecule has 3 aromatic carbocycles. The minimum Gasteiger partial charge on any atom is -0.450 e. The van der Waals surface area contributed by atoms with Gasteiger partial charge < -0.3 is 9.32 Å². The lowest BCUT2D eigenvalue weighted by Gasteiger charge is -2.32. The maximum absolute atomic E-state index is 14.5. The smallest absolute Gasteiger partial charge is 0.297 e. The van der Waals surface area contributed by atoms with Crippen LogP contribution in [0.5, 0.6) is 0 Å². The maximum atomic E-state index is 14.5. The first-order valence-corrected chi connectivity index (χ1v) is 12.7. The van der Waals surface area contributed by atoms with Crippen LogP contribution in [-0.4, -0.2) is 23.3 Å². The number of aryl methyl sites for hydroxylation is 1. The fourth-order valence-corrected chi connectivity index (χ4v) is 6.68. The molecule has 0 saturated heterocycles. The predicted molar refractivity (Wildman–Crippen MR) is 143 cm³/mol. The third-order valence-electron chi connectivity index (χ3n) is 7.12. The first-order chi connectivity index (χ1) is 18.4. The highest BCUT2D eigenvalue weighted by atomic mass is 32.1. The molecule has 1 atom stereocenters. The van der Waals surface area contributed by atoms with Gasteiger partial charge in [0.25, 0.3) is 11.8 Å². The van der Waals surface area contributed by atoms with Crippen LogP contribution in [0, 0.1) is 12.7 Å². The second-order valence-electron chi connectivity index (χ2n) is 9.32. The van der Waals surface area contributed by atoms with Crippen molar-refractivity contribution >= 4 is 55.2 Å². The Labute approximate surface area is 219 Å². The molecular formula is C29H18FN3O4S.